The van der Waals surface area contributed by atoms with Gasteiger partial charge in [0.2, 0.25) is 11.8 Å². The highest BCUT2D eigenvalue weighted by molar-refractivity contribution is 6.03. The van der Waals surface area contributed by atoms with Gasteiger partial charge in [0.25, 0.3) is 0 Å². The fourth-order valence-electron chi connectivity index (χ4n) is 9.09. The maximum atomic E-state index is 15.6. The van der Waals surface area contributed by atoms with E-state index in [0.717, 1.165) is 28.0 Å². The lowest BCUT2D eigenvalue weighted by Gasteiger charge is -2.46. The summed E-state index contributed by atoms with van der Waals surface area (Å²) in [6, 6.07) is 47.3. The first-order chi connectivity index (χ1) is 30.2. The Hall–Kier alpha value is -6.79. The van der Waals surface area contributed by atoms with Crippen molar-refractivity contribution in [3.63, 3.8) is 0 Å². The van der Waals surface area contributed by atoms with Crippen molar-refractivity contribution in [3.05, 3.63) is 186 Å². The number of rotatable bonds is 14. The number of nitrogens with zero attached hydrogens (tertiary/aromatic N) is 1. The molecule has 4 N–H and O–H groups in total. The molecule has 0 aromatic heterocycles. The molecule has 6 aromatic carbocycles. The molecule has 316 valence electrons. The number of carbonyl (C=O) groups excluding carboxylic acids is 3. The van der Waals surface area contributed by atoms with Crippen molar-refractivity contribution in [3.8, 4) is 22.6 Å². The van der Waals surface area contributed by atoms with E-state index >= 15 is 9.59 Å². The summed E-state index contributed by atoms with van der Waals surface area (Å²) in [5, 5.41) is 27.2. The molecular weight excluding hydrogens is 783 g/mol. The van der Waals surface area contributed by atoms with E-state index in [4.69, 9.17) is 14.2 Å². The Bertz CT molecular complexity index is 2470. The van der Waals surface area contributed by atoms with Crippen molar-refractivity contribution < 1.29 is 38.8 Å². The number of hydrogen-bond donors (Lipinski definition) is 4. The molecular formula is C51H49N3O8. The average molecular weight is 832 g/mol. The smallest absolute Gasteiger partial charge is 0.324 e. The molecule has 0 bridgehead atoms. The van der Waals surface area contributed by atoms with Gasteiger partial charge in [-0.2, -0.15) is 0 Å². The lowest BCUT2D eigenvalue weighted by molar-refractivity contribution is -0.178. The number of fused-ring (bicyclic) bond motifs is 1. The summed E-state index contributed by atoms with van der Waals surface area (Å²) in [5.74, 6) is -2.04. The van der Waals surface area contributed by atoms with Gasteiger partial charge in [-0.1, -0.05) is 133 Å². The predicted octanol–water partition coefficient (Wildman–Crippen LogP) is 7.61. The fraction of sp³-hybridized carbons (Fsp3) is 0.235. The highest BCUT2D eigenvalue weighted by Crippen LogP contribution is 2.62. The van der Waals surface area contributed by atoms with Crippen LogP contribution >= 0.6 is 0 Å². The summed E-state index contributed by atoms with van der Waals surface area (Å²) in [6.45, 7) is 1.24. The summed E-state index contributed by atoms with van der Waals surface area (Å²) in [5.41, 5.74) is 3.31. The minimum absolute atomic E-state index is 0.0330. The molecule has 2 amide bonds. The monoisotopic (exact) mass is 831 g/mol. The van der Waals surface area contributed by atoms with E-state index in [0.29, 0.717) is 22.6 Å². The van der Waals surface area contributed by atoms with Crippen molar-refractivity contribution in [1.82, 2.24) is 10.2 Å². The Kier molecular flexibility index (Phi) is 12.5. The molecule has 2 saturated heterocycles. The van der Waals surface area contributed by atoms with E-state index in [2.05, 4.69) is 10.6 Å². The lowest BCUT2D eigenvalue weighted by atomic mass is 9.69. The molecule has 0 radical (unpaired) electrons. The second-order valence-electron chi connectivity index (χ2n) is 15.7. The number of aliphatic hydroxyl groups excluding tert-OH is 2. The van der Waals surface area contributed by atoms with Crippen LogP contribution in [-0.4, -0.2) is 65.8 Å². The highest BCUT2D eigenvalue weighted by atomic mass is 16.6. The minimum atomic E-state index is -1.71. The van der Waals surface area contributed by atoms with Gasteiger partial charge in [0, 0.05) is 17.8 Å². The summed E-state index contributed by atoms with van der Waals surface area (Å²) in [6.07, 6.45) is -1.90. The van der Waals surface area contributed by atoms with Gasteiger partial charge < -0.3 is 35.1 Å². The number of carbonyl (C=O) groups is 3. The third-order valence-electron chi connectivity index (χ3n) is 12.1. The highest BCUT2D eigenvalue weighted by Gasteiger charge is 2.70. The Morgan fingerprint density at radius 1 is 0.758 bits per heavy atom. The van der Waals surface area contributed by atoms with Crippen molar-refractivity contribution >= 4 is 23.5 Å². The number of morpholine rings is 1. The Morgan fingerprint density at radius 3 is 1.97 bits per heavy atom. The van der Waals surface area contributed by atoms with Crippen molar-refractivity contribution in [2.45, 2.75) is 37.3 Å². The first-order valence-corrected chi connectivity index (χ1v) is 20.7. The SMILES string of the molecule is COc1ccc(-c2ccc(NC(=O)[C@@]3(C)[C@H](C(=O)NC[C@H](O)c4ccccc4)[C@H]4C(=O)O[C@H](c5ccccc5)[C@H](c5ccccc5)N4[C@@H]3c3ccccc3OCCO)cc2)cc1. The first kappa shape index (κ1) is 41.9. The standard InChI is InChI=1S/C51H49N3O8/c1-51(50(59)53-38-26-22-33(23-27-38)34-24-28-39(60-2)29-25-34)43(48(57)52-32-41(56)35-14-6-3-7-15-35)45-49(58)62-46(37-18-10-5-11-19-37)44(36-16-8-4-9-17-36)54(45)47(51)40-20-12-13-21-42(40)61-31-30-55/h3-29,41,43-47,55-56H,30-32H2,1-2H3,(H,52,57)(H,53,59)/t41-,43-,44-,45-,46+,47+,51-/m0/s1. The van der Waals surface area contributed by atoms with Crippen molar-refractivity contribution in [2.75, 3.05) is 32.2 Å². The van der Waals surface area contributed by atoms with Gasteiger partial charge in [0.05, 0.1) is 43.2 Å². The number of para-hydroxylation sites is 1. The van der Waals surface area contributed by atoms with Gasteiger partial charge in [0.15, 0.2) is 0 Å². The molecule has 2 aliphatic heterocycles. The van der Waals surface area contributed by atoms with E-state index in [1.54, 1.807) is 62.6 Å². The van der Waals surface area contributed by atoms with Gasteiger partial charge >= 0.3 is 5.97 Å². The van der Waals surface area contributed by atoms with Crippen LogP contribution in [0.4, 0.5) is 5.69 Å². The Morgan fingerprint density at radius 2 is 1.34 bits per heavy atom. The third-order valence-corrected chi connectivity index (χ3v) is 12.1. The van der Waals surface area contributed by atoms with E-state index in [1.165, 1.54) is 0 Å². The van der Waals surface area contributed by atoms with Crippen LogP contribution < -0.4 is 20.1 Å². The number of esters is 1. The van der Waals surface area contributed by atoms with Crippen LogP contribution in [0.5, 0.6) is 11.5 Å². The van der Waals surface area contributed by atoms with Gasteiger partial charge in [0.1, 0.15) is 30.3 Å². The molecule has 6 aromatic rings. The van der Waals surface area contributed by atoms with Gasteiger partial charge in [-0.25, -0.2) is 0 Å². The molecule has 11 heteroatoms. The maximum Gasteiger partial charge on any atom is 0.324 e. The maximum absolute atomic E-state index is 15.6. The molecule has 0 aliphatic carbocycles. The summed E-state index contributed by atoms with van der Waals surface area (Å²) >= 11 is 0. The molecule has 62 heavy (non-hydrogen) atoms. The quantitative estimate of drug-likeness (QED) is 0.0815. The molecule has 11 nitrogen and oxygen atoms in total. The molecule has 7 atom stereocenters. The van der Waals surface area contributed by atoms with Crippen LogP contribution in [0.3, 0.4) is 0 Å². The van der Waals surface area contributed by atoms with Crippen LogP contribution in [0.1, 0.15) is 53.5 Å². The number of amides is 2. The van der Waals surface area contributed by atoms with Gasteiger partial charge in [-0.15, -0.1) is 0 Å². The van der Waals surface area contributed by atoms with Crippen LogP contribution in [-0.2, 0) is 19.1 Å². The lowest BCUT2D eigenvalue weighted by Crippen LogP contribution is -2.54. The normalized spacial score (nSPS) is 22.5. The second kappa shape index (κ2) is 18.4. The molecule has 8 rings (SSSR count). The third kappa shape index (κ3) is 8.17. The molecule has 0 saturated carbocycles. The number of nitrogens with one attached hydrogen (secondary N) is 2. The minimum Gasteiger partial charge on any atom is -0.497 e. The molecule has 2 aliphatic rings. The predicted molar refractivity (Wildman–Crippen MR) is 235 cm³/mol. The Labute approximate surface area is 360 Å². The van der Waals surface area contributed by atoms with E-state index < -0.39 is 59.5 Å². The number of anilines is 1. The number of ether oxygens (including phenoxy) is 3. The van der Waals surface area contributed by atoms with E-state index in [-0.39, 0.29) is 19.8 Å². The van der Waals surface area contributed by atoms with Gasteiger partial charge in [-0.3, -0.25) is 19.3 Å². The number of cyclic esters (lactones) is 1. The zero-order valence-electron chi connectivity index (χ0n) is 34.5. The molecule has 2 fully saturated rings. The van der Waals surface area contributed by atoms with Crippen LogP contribution in [0.15, 0.2) is 164 Å². The summed E-state index contributed by atoms with van der Waals surface area (Å²) in [7, 11) is 1.61. The molecule has 0 unspecified atom stereocenters. The number of benzene rings is 6. The largest absolute Gasteiger partial charge is 0.497 e. The van der Waals surface area contributed by atoms with Crippen LogP contribution in [0, 0.1) is 11.3 Å². The van der Waals surface area contributed by atoms with Crippen molar-refractivity contribution in [2.24, 2.45) is 11.3 Å². The van der Waals surface area contributed by atoms with E-state index in [9.17, 15) is 15.0 Å². The zero-order chi connectivity index (χ0) is 43.2. The van der Waals surface area contributed by atoms with Crippen LogP contribution in [0.2, 0.25) is 0 Å². The number of hydrogen-bond acceptors (Lipinski definition) is 9. The Balaban J connectivity index is 1.28. The molecule has 0 spiro atoms. The fourth-order valence-corrected chi connectivity index (χ4v) is 9.09. The van der Waals surface area contributed by atoms with Crippen LogP contribution in [0.25, 0.3) is 11.1 Å². The van der Waals surface area contributed by atoms with E-state index in [1.807, 2.05) is 120 Å². The van der Waals surface area contributed by atoms with Gasteiger partial charge in [-0.05, 0) is 65.1 Å². The number of aliphatic hydroxyl groups is 2. The topological polar surface area (TPSA) is 147 Å². The molecule has 2 heterocycles. The number of methoxy groups -OCH3 is 1. The first-order valence-electron chi connectivity index (χ1n) is 20.7. The average Bonchev–Trinajstić information content (AvgIpc) is 3.61. The van der Waals surface area contributed by atoms with Crippen molar-refractivity contribution in [1.29, 1.82) is 0 Å². The zero-order valence-corrected chi connectivity index (χ0v) is 34.5. The second-order valence-corrected chi connectivity index (χ2v) is 15.7. The summed E-state index contributed by atoms with van der Waals surface area (Å²) in [4.78, 5) is 47.6. The summed E-state index contributed by atoms with van der Waals surface area (Å²) < 4.78 is 18.0.